The van der Waals surface area contributed by atoms with Crippen LogP contribution in [0.25, 0.3) is 268 Å². The van der Waals surface area contributed by atoms with Crippen LogP contribution in [0.15, 0.2) is 504 Å². The molecule has 17 aromatic carbocycles. The van der Waals surface area contributed by atoms with Crippen molar-refractivity contribution >= 4 is 131 Å². The first kappa shape index (κ1) is 87.0. The van der Waals surface area contributed by atoms with Crippen molar-refractivity contribution in [3.05, 3.63) is 504 Å². The summed E-state index contributed by atoms with van der Waals surface area (Å²) in [5.74, 6) is 4.84. The highest BCUT2D eigenvalue weighted by molar-refractivity contribution is 6.29. The fourth-order valence-electron chi connectivity index (χ4n) is 21.5. The third kappa shape index (κ3) is 15.0. The largest absolute Gasteiger partial charge is 0.307 e. The molecule has 0 aliphatic carbocycles. The normalized spacial score (nSPS) is 11.6. The summed E-state index contributed by atoms with van der Waals surface area (Å²) < 4.78 is 13.8. The molecule has 0 fully saturated rings. The number of aromatic nitrogens is 19. The van der Waals surface area contributed by atoms with Gasteiger partial charge in [-0.05, 0) is 139 Å². The number of hydrogen-bond donors (Lipinski definition) is 0. The first-order valence-electron chi connectivity index (χ1n) is 49.9. The molecular formula is C131H83N19. The standard InChI is InChI=1S/C49H31N7.C45H29N5.C37H23N7/c1-4-14-32(15-5-1)41-28-24-34(30-50-41)47-52-48(35-25-29-42(51-31-35)33-16-6-2-7-17-33)54-49(53-47)56-44-23-13-11-21-38(44)40-27-26-39-37-20-10-12-22-43(37)55(45(39)46(40)56)36-18-8-3-9-19-36;1-5-17-30(18-6-1)36-29-37-34-25-13-15-27-38(34)49(33-23-11-4-12-24-33)41(37)42-40(36)35-26-14-16-28-39(35)50(42)45-47-43(31-19-7-2-8-20-31)46-44(48-45)32-21-9-3-10-22-32;1-2-12-24(13-3-1)43-31-18-6-4-14-25(31)27-20-21-28-26-15-5-7-19-32(26)44(34(28)33(27)43)37-41-35(29-16-8-10-22-38-29)40-36(42-37)30-17-9-11-23-39-30/h1-31H;1-29H;1-23H. The minimum Gasteiger partial charge on any atom is -0.307 e. The third-order valence-electron chi connectivity index (χ3n) is 28.1. The maximum absolute atomic E-state index is 5.27. The maximum Gasteiger partial charge on any atom is 0.238 e. The van der Waals surface area contributed by atoms with E-state index in [1.807, 2.05) is 152 Å². The molecule has 0 spiro atoms. The molecule has 0 N–H and O–H groups in total. The highest BCUT2D eigenvalue weighted by Gasteiger charge is 2.31. The Balaban J connectivity index is 0.000000109. The van der Waals surface area contributed by atoms with E-state index in [0.717, 1.165) is 177 Å². The Labute approximate surface area is 858 Å². The molecule has 0 saturated carbocycles. The third-order valence-corrected chi connectivity index (χ3v) is 28.1. The van der Waals surface area contributed by atoms with Gasteiger partial charge in [0.1, 0.15) is 11.4 Å². The second kappa shape index (κ2) is 36.8. The molecule has 30 aromatic rings. The van der Waals surface area contributed by atoms with Gasteiger partial charge >= 0.3 is 0 Å². The Kier molecular flexibility index (Phi) is 21.4. The summed E-state index contributed by atoms with van der Waals surface area (Å²) in [6, 6.07) is 165. The van der Waals surface area contributed by atoms with Crippen LogP contribution in [-0.2, 0) is 0 Å². The molecular weight excluding hydrogens is 1840 g/mol. The predicted octanol–water partition coefficient (Wildman–Crippen LogP) is 30.8. The van der Waals surface area contributed by atoms with Crippen molar-refractivity contribution in [3.63, 3.8) is 0 Å². The number of hydrogen-bond acceptors (Lipinski definition) is 13. The van der Waals surface area contributed by atoms with Crippen LogP contribution in [0.5, 0.6) is 0 Å². The van der Waals surface area contributed by atoms with E-state index in [2.05, 4.69) is 377 Å². The van der Waals surface area contributed by atoms with Crippen LogP contribution in [0, 0.1) is 0 Å². The van der Waals surface area contributed by atoms with Crippen molar-refractivity contribution in [2.24, 2.45) is 0 Å². The molecule has 0 atom stereocenters. The quantitative estimate of drug-likeness (QED) is 0.0940. The van der Waals surface area contributed by atoms with E-state index in [4.69, 9.17) is 54.8 Å². The van der Waals surface area contributed by atoms with Gasteiger partial charge in [0.2, 0.25) is 17.8 Å². The second-order valence-electron chi connectivity index (χ2n) is 36.9. The monoisotopic (exact) mass is 1920 g/mol. The lowest BCUT2D eigenvalue weighted by Crippen LogP contribution is -2.08. The van der Waals surface area contributed by atoms with Crippen LogP contribution >= 0.6 is 0 Å². The molecule has 0 aliphatic heterocycles. The van der Waals surface area contributed by atoms with Gasteiger partial charge in [-0.3, -0.25) is 33.6 Å². The van der Waals surface area contributed by atoms with Crippen LogP contribution in [-0.4, -0.2) is 92.2 Å². The number of pyridine rings is 4. The van der Waals surface area contributed by atoms with E-state index in [1.54, 1.807) is 12.4 Å². The molecule has 19 nitrogen and oxygen atoms in total. The number of benzene rings is 17. The van der Waals surface area contributed by atoms with E-state index in [9.17, 15) is 0 Å². The lowest BCUT2D eigenvalue weighted by Gasteiger charge is -2.14. The summed E-state index contributed by atoms with van der Waals surface area (Å²) in [5, 5.41) is 13.8. The Bertz CT molecular complexity index is 10200. The van der Waals surface area contributed by atoms with Gasteiger partial charge in [0.25, 0.3) is 0 Å². The number of para-hydroxylation sites is 9. The van der Waals surface area contributed by atoms with Crippen molar-refractivity contribution in [3.8, 4) is 137 Å². The van der Waals surface area contributed by atoms with Gasteiger partial charge in [-0.15, -0.1) is 0 Å². The summed E-state index contributed by atoms with van der Waals surface area (Å²) in [4.78, 5) is 65.1. The van der Waals surface area contributed by atoms with Crippen molar-refractivity contribution in [1.82, 2.24) is 92.2 Å². The number of nitrogens with zero attached hydrogens (tertiary/aromatic N) is 19. The van der Waals surface area contributed by atoms with E-state index in [1.165, 1.54) is 27.1 Å². The number of rotatable bonds is 15. The van der Waals surface area contributed by atoms with Crippen molar-refractivity contribution in [1.29, 1.82) is 0 Å². The zero-order valence-electron chi connectivity index (χ0n) is 80.4. The minimum absolute atomic E-state index is 0.484. The first-order chi connectivity index (χ1) is 74.5. The summed E-state index contributed by atoms with van der Waals surface area (Å²) in [5.41, 5.74) is 27.0. The summed E-state index contributed by atoms with van der Waals surface area (Å²) in [6.45, 7) is 0. The fraction of sp³-hybridized carbons (Fsp3) is 0. The van der Waals surface area contributed by atoms with Crippen LogP contribution in [0.4, 0.5) is 0 Å². The predicted molar refractivity (Wildman–Crippen MR) is 606 cm³/mol. The van der Waals surface area contributed by atoms with Crippen molar-refractivity contribution in [2.45, 2.75) is 0 Å². The minimum atomic E-state index is 0.484. The molecule has 702 valence electrons. The molecule has 30 rings (SSSR count). The van der Waals surface area contributed by atoms with E-state index >= 15 is 0 Å². The average Bonchev–Trinajstić information content (AvgIpc) is 1.54. The SMILES string of the molecule is c1ccc(-c2ccc(-c3nc(-c4ccc(-c5ccccc5)nc4)nc(-n4c5ccccc5c5ccc6c7ccccc7n(-c7ccccc7)c6c54)n3)cn2)cc1.c1ccc(-c2nc(-c3ccccc3)nc(-n3c4ccccc4c4c(-c5ccccc5)cc5c6ccccc6n(-c6ccccc6)c5c43)n2)cc1.c1ccc(-n2c3ccccc3c3ccc4c5ccccc5n(-c5nc(-c6ccccn6)nc(-c6ccccn6)n5)c4c32)cc1. The maximum atomic E-state index is 5.27. The zero-order chi connectivity index (χ0) is 99.1. The molecule has 0 saturated heterocycles. The van der Waals surface area contributed by atoms with E-state index in [-0.39, 0.29) is 0 Å². The Morgan fingerprint density at radius 2 is 0.407 bits per heavy atom. The molecule has 0 radical (unpaired) electrons. The molecule has 13 aromatic heterocycles. The van der Waals surface area contributed by atoms with Crippen LogP contribution in [0.2, 0.25) is 0 Å². The van der Waals surface area contributed by atoms with Gasteiger partial charge in [-0.2, -0.15) is 29.9 Å². The lowest BCUT2D eigenvalue weighted by molar-refractivity contribution is 0.943. The Morgan fingerprint density at radius 3 is 0.747 bits per heavy atom. The zero-order valence-corrected chi connectivity index (χ0v) is 80.4. The number of fused-ring (bicyclic) bond motifs is 21. The van der Waals surface area contributed by atoms with Crippen molar-refractivity contribution < 1.29 is 0 Å². The molecule has 0 aliphatic rings. The molecule has 0 bridgehead atoms. The molecule has 13 heterocycles. The van der Waals surface area contributed by atoms with Crippen molar-refractivity contribution in [2.75, 3.05) is 0 Å². The summed E-state index contributed by atoms with van der Waals surface area (Å²) in [7, 11) is 0. The van der Waals surface area contributed by atoms with Crippen LogP contribution in [0.1, 0.15) is 0 Å². The Morgan fingerprint density at radius 1 is 0.147 bits per heavy atom. The fourth-order valence-corrected chi connectivity index (χ4v) is 21.5. The van der Waals surface area contributed by atoms with Gasteiger partial charge in [0.15, 0.2) is 34.9 Å². The topological polar surface area (TPSA) is 197 Å². The first-order valence-corrected chi connectivity index (χ1v) is 49.9. The second-order valence-corrected chi connectivity index (χ2v) is 36.9. The molecule has 0 unspecified atom stereocenters. The van der Waals surface area contributed by atoms with E-state index < -0.39 is 0 Å². The van der Waals surface area contributed by atoms with Gasteiger partial charge in [-0.25, -0.2) is 15.0 Å². The average molecular weight is 1920 g/mol. The molecule has 0 amide bonds. The van der Waals surface area contributed by atoms with E-state index in [0.29, 0.717) is 64.2 Å². The van der Waals surface area contributed by atoms with Gasteiger partial charge < -0.3 is 13.7 Å². The van der Waals surface area contributed by atoms with Gasteiger partial charge in [0, 0.05) is 140 Å². The van der Waals surface area contributed by atoms with Gasteiger partial charge in [0.05, 0.1) is 77.6 Å². The van der Waals surface area contributed by atoms with Crippen LogP contribution < -0.4 is 0 Å². The molecule has 19 heteroatoms. The highest BCUT2D eigenvalue weighted by Crippen LogP contribution is 2.49. The lowest BCUT2D eigenvalue weighted by atomic mass is 9.96. The smallest absolute Gasteiger partial charge is 0.238 e. The highest BCUT2D eigenvalue weighted by atomic mass is 15.2. The summed E-state index contributed by atoms with van der Waals surface area (Å²) >= 11 is 0. The summed E-state index contributed by atoms with van der Waals surface area (Å²) in [6.07, 6.45) is 7.20. The van der Waals surface area contributed by atoms with Gasteiger partial charge in [-0.1, -0.05) is 352 Å². The Hall–Kier alpha value is -20.8. The van der Waals surface area contributed by atoms with Crippen LogP contribution in [0.3, 0.4) is 0 Å². The molecule has 150 heavy (non-hydrogen) atoms.